The van der Waals surface area contributed by atoms with Gasteiger partial charge in [-0.3, -0.25) is 0 Å². The van der Waals surface area contributed by atoms with E-state index < -0.39 is 0 Å². The van der Waals surface area contributed by atoms with E-state index in [2.05, 4.69) is 12.1 Å². The third-order valence-electron chi connectivity index (χ3n) is 4.09. The fourth-order valence-electron chi connectivity index (χ4n) is 3.25. The van der Waals surface area contributed by atoms with Gasteiger partial charge in [0, 0.05) is 5.92 Å². The Kier molecular flexibility index (Phi) is 2.46. The van der Waals surface area contributed by atoms with Gasteiger partial charge in [-0.1, -0.05) is 12.8 Å². The molecule has 2 fully saturated rings. The van der Waals surface area contributed by atoms with Gasteiger partial charge >= 0.3 is 0 Å². The molecule has 2 saturated carbocycles. The van der Waals surface area contributed by atoms with Gasteiger partial charge in [0.15, 0.2) is 0 Å². The molecule has 0 aromatic rings. The molecule has 2 aliphatic carbocycles. The molecule has 2 aliphatic rings. The monoisotopic (exact) mass is 188 g/mol. The van der Waals surface area contributed by atoms with Crippen molar-refractivity contribution in [2.24, 2.45) is 17.3 Å². The van der Waals surface area contributed by atoms with E-state index in [1.54, 1.807) is 0 Å². The molecule has 0 heterocycles. The van der Waals surface area contributed by atoms with Crippen molar-refractivity contribution in [3.05, 3.63) is 0 Å². The van der Waals surface area contributed by atoms with E-state index in [9.17, 15) is 5.26 Å². The van der Waals surface area contributed by atoms with E-state index in [1.165, 1.54) is 19.3 Å². The van der Waals surface area contributed by atoms with Crippen molar-refractivity contribution < 1.29 is 0 Å². The zero-order valence-electron chi connectivity index (χ0n) is 8.50. The smallest absolute Gasteiger partial charge is 0.0693 e. The van der Waals surface area contributed by atoms with Crippen LogP contribution in [0, 0.1) is 39.9 Å². The van der Waals surface area contributed by atoms with Gasteiger partial charge in [0.25, 0.3) is 0 Å². The SMILES string of the molecule is N#C[C@@H]1CC[C@H]2CCCC[C@]2(C#N)C1. The molecular formula is C12H16N2. The Morgan fingerprint density at radius 1 is 1.07 bits per heavy atom. The Bertz CT molecular complexity index is 296. The molecule has 14 heavy (non-hydrogen) atoms. The first-order chi connectivity index (χ1) is 6.80. The number of hydrogen-bond donors (Lipinski definition) is 0. The lowest BCUT2D eigenvalue weighted by atomic mass is 9.58. The minimum atomic E-state index is -0.128. The minimum Gasteiger partial charge on any atom is -0.198 e. The zero-order valence-corrected chi connectivity index (χ0v) is 8.50. The highest BCUT2D eigenvalue weighted by molar-refractivity contribution is 5.10. The van der Waals surface area contributed by atoms with E-state index in [4.69, 9.17) is 5.26 Å². The van der Waals surface area contributed by atoms with Gasteiger partial charge in [0.05, 0.1) is 17.6 Å². The summed E-state index contributed by atoms with van der Waals surface area (Å²) >= 11 is 0. The summed E-state index contributed by atoms with van der Waals surface area (Å²) < 4.78 is 0. The molecule has 0 bridgehead atoms. The quantitative estimate of drug-likeness (QED) is 0.586. The van der Waals surface area contributed by atoms with Gasteiger partial charge in [0.2, 0.25) is 0 Å². The molecule has 0 spiro atoms. The van der Waals surface area contributed by atoms with Gasteiger partial charge < -0.3 is 0 Å². The first-order valence-electron chi connectivity index (χ1n) is 5.61. The van der Waals surface area contributed by atoms with E-state index >= 15 is 0 Å². The number of nitrogens with zero attached hydrogens (tertiary/aromatic N) is 2. The largest absolute Gasteiger partial charge is 0.198 e. The van der Waals surface area contributed by atoms with Crippen molar-refractivity contribution in [3.63, 3.8) is 0 Å². The lowest BCUT2D eigenvalue weighted by molar-refractivity contribution is 0.0832. The highest BCUT2D eigenvalue weighted by Gasteiger charge is 2.45. The molecule has 0 saturated heterocycles. The molecule has 0 unspecified atom stereocenters. The molecule has 0 amide bonds. The summed E-state index contributed by atoms with van der Waals surface area (Å²) in [6.07, 6.45) is 7.67. The van der Waals surface area contributed by atoms with Crippen LogP contribution in [0.3, 0.4) is 0 Å². The number of nitriles is 2. The maximum Gasteiger partial charge on any atom is 0.0693 e. The highest BCUT2D eigenvalue weighted by Crippen LogP contribution is 2.51. The van der Waals surface area contributed by atoms with Crippen molar-refractivity contribution in [2.45, 2.75) is 44.9 Å². The minimum absolute atomic E-state index is 0.128. The first kappa shape index (κ1) is 9.53. The Morgan fingerprint density at radius 2 is 1.93 bits per heavy atom. The van der Waals surface area contributed by atoms with Crippen LogP contribution in [0.5, 0.6) is 0 Å². The van der Waals surface area contributed by atoms with Gasteiger partial charge in [-0.05, 0) is 38.0 Å². The second-order valence-electron chi connectivity index (χ2n) is 4.82. The second-order valence-corrected chi connectivity index (χ2v) is 4.82. The summed E-state index contributed by atoms with van der Waals surface area (Å²) in [4.78, 5) is 0. The lowest BCUT2D eigenvalue weighted by Gasteiger charge is -2.43. The topological polar surface area (TPSA) is 47.6 Å². The van der Waals surface area contributed by atoms with Crippen LogP contribution in [0.25, 0.3) is 0 Å². The van der Waals surface area contributed by atoms with Crippen LogP contribution in [-0.4, -0.2) is 0 Å². The molecule has 3 atom stereocenters. The fourth-order valence-corrected chi connectivity index (χ4v) is 3.25. The van der Waals surface area contributed by atoms with Crippen LogP contribution < -0.4 is 0 Å². The molecule has 74 valence electrons. The molecule has 2 rings (SSSR count). The molecule has 0 aromatic heterocycles. The molecular weight excluding hydrogens is 172 g/mol. The summed E-state index contributed by atoms with van der Waals surface area (Å²) in [5.74, 6) is 0.731. The van der Waals surface area contributed by atoms with Crippen LogP contribution in [0.1, 0.15) is 44.9 Å². The van der Waals surface area contributed by atoms with Gasteiger partial charge in [-0.25, -0.2) is 0 Å². The van der Waals surface area contributed by atoms with Gasteiger partial charge in [0.1, 0.15) is 0 Å². The maximum atomic E-state index is 9.33. The summed E-state index contributed by atoms with van der Waals surface area (Å²) in [7, 11) is 0. The van der Waals surface area contributed by atoms with E-state index in [0.29, 0.717) is 5.92 Å². The first-order valence-corrected chi connectivity index (χ1v) is 5.61. The van der Waals surface area contributed by atoms with E-state index in [0.717, 1.165) is 25.7 Å². The van der Waals surface area contributed by atoms with Crippen molar-refractivity contribution in [3.8, 4) is 12.1 Å². The predicted octanol–water partition coefficient (Wildman–Crippen LogP) is 3.01. The third-order valence-corrected chi connectivity index (χ3v) is 4.09. The second kappa shape index (κ2) is 3.62. The van der Waals surface area contributed by atoms with Crippen molar-refractivity contribution in [2.75, 3.05) is 0 Å². The highest BCUT2D eigenvalue weighted by atomic mass is 14.5. The standard InChI is InChI=1S/C12H16N2/c13-8-10-4-5-11-3-1-2-6-12(11,7-10)9-14/h10-11H,1-7H2/t10-,11-,12-/m1/s1. The number of hydrogen-bond acceptors (Lipinski definition) is 2. The third kappa shape index (κ3) is 1.40. The normalized spacial score (nSPS) is 41.9. The Labute approximate surface area is 85.5 Å². The Balaban J connectivity index is 2.19. The molecule has 2 nitrogen and oxygen atoms in total. The van der Waals surface area contributed by atoms with Crippen molar-refractivity contribution >= 4 is 0 Å². The fraction of sp³-hybridized carbons (Fsp3) is 0.833. The van der Waals surface area contributed by atoms with Crippen molar-refractivity contribution in [1.29, 1.82) is 10.5 Å². The summed E-state index contributed by atoms with van der Waals surface area (Å²) in [6, 6.07) is 4.88. The van der Waals surface area contributed by atoms with Crippen LogP contribution in [0.15, 0.2) is 0 Å². The molecule has 0 radical (unpaired) electrons. The summed E-state index contributed by atoms with van der Waals surface area (Å²) in [5.41, 5.74) is -0.128. The molecule has 0 aliphatic heterocycles. The summed E-state index contributed by atoms with van der Waals surface area (Å²) in [5, 5.41) is 18.3. The zero-order chi connectivity index (χ0) is 10.0. The molecule has 0 N–H and O–H groups in total. The van der Waals surface area contributed by atoms with Gasteiger partial charge in [-0.15, -0.1) is 0 Å². The van der Waals surface area contributed by atoms with Crippen LogP contribution >= 0.6 is 0 Å². The predicted molar refractivity (Wildman–Crippen MR) is 53.0 cm³/mol. The average Bonchev–Trinajstić information content (AvgIpc) is 2.28. The van der Waals surface area contributed by atoms with Crippen LogP contribution in [0.4, 0.5) is 0 Å². The maximum absolute atomic E-state index is 9.33. The van der Waals surface area contributed by atoms with Crippen molar-refractivity contribution in [1.82, 2.24) is 0 Å². The van der Waals surface area contributed by atoms with Crippen LogP contribution in [-0.2, 0) is 0 Å². The van der Waals surface area contributed by atoms with Gasteiger partial charge in [-0.2, -0.15) is 10.5 Å². The molecule has 0 aromatic carbocycles. The average molecular weight is 188 g/mol. The van der Waals surface area contributed by atoms with E-state index in [-0.39, 0.29) is 11.3 Å². The van der Waals surface area contributed by atoms with Crippen LogP contribution in [0.2, 0.25) is 0 Å². The summed E-state index contributed by atoms with van der Waals surface area (Å²) in [6.45, 7) is 0. The number of fused-ring (bicyclic) bond motifs is 1. The Morgan fingerprint density at radius 3 is 2.64 bits per heavy atom. The van der Waals surface area contributed by atoms with E-state index in [1.807, 2.05) is 0 Å². The number of rotatable bonds is 0. The molecule has 2 heteroatoms. The lowest BCUT2D eigenvalue weighted by Crippen LogP contribution is -2.38. The Hall–Kier alpha value is -1.02.